The number of nitrogens with one attached hydrogen (secondary N) is 2. The first-order chi connectivity index (χ1) is 11.6. The number of aryl methyl sites for hydroxylation is 2. The molecule has 0 aliphatic carbocycles. The van der Waals surface area contributed by atoms with Gasteiger partial charge in [0.1, 0.15) is 17.0 Å². The van der Waals surface area contributed by atoms with Crippen LogP contribution in [0.3, 0.4) is 0 Å². The van der Waals surface area contributed by atoms with E-state index >= 15 is 0 Å². The fraction of sp³-hybridized carbons (Fsp3) is 0.235. The maximum atomic E-state index is 11.2. The minimum Gasteiger partial charge on any atom is -0.453 e. The number of fused-ring (bicyclic) bond motifs is 1. The Hall–Kier alpha value is -2.67. The molecular weight excluding hydrogens is 324 g/mol. The molecule has 0 fully saturated rings. The first-order valence-electron chi connectivity index (χ1n) is 7.47. The van der Waals surface area contributed by atoms with E-state index in [1.165, 1.54) is 17.6 Å². The second-order valence-electron chi connectivity index (χ2n) is 5.35. The van der Waals surface area contributed by atoms with Gasteiger partial charge in [-0.2, -0.15) is 0 Å². The van der Waals surface area contributed by atoms with Crippen LogP contribution in [0.4, 0.5) is 16.3 Å². The molecule has 0 radical (unpaired) electrons. The van der Waals surface area contributed by atoms with E-state index in [1.54, 1.807) is 17.7 Å². The highest BCUT2D eigenvalue weighted by Crippen LogP contribution is 2.32. The van der Waals surface area contributed by atoms with Crippen molar-refractivity contribution in [3.05, 3.63) is 46.6 Å². The second-order valence-corrected chi connectivity index (χ2v) is 6.56. The van der Waals surface area contributed by atoms with Gasteiger partial charge in [0.2, 0.25) is 0 Å². The summed E-state index contributed by atoms with van der Waals surface area (Å²) in [7, 11) is 1.34. The van der Waals surface area contributed by atoms with E-state index in [4.69, 9.17) is 0 Å². The van der Waals surface area contributed by atoms with Gasteiger partial charge in [0.25, 0.3) is 0 Å². The lowest BCUT2D eigenvalue weighted by atomic mass is 10.2. The molecule has 3 aromatic rings. The molecule has 0 unspecified atom stereocenters. The lowest BCUT2D eigenvalue weighted by molar-refractivity contribution is 0.187. The zero-order chi connectivity index (χ0) is 17.1. The highest BCUT2D eigenvalue weighted by Gasteiger charge is 2.11. The Morgan fingerprint density at radius 1 is 1.21 bits per heavy atom. The van der Waals surface area contributed by atoms with Crippen molar-refractivity contribution < 1.29 is 9.53 Å². The smallest absolute Gasteiger partial charge is 0.411 e. The largest absolute Gasteiger partial charge is 0.453 e. The lowest BCUT2D eigenvalue weighted by Gasteiger charge is -2.09. The fourth-order valence-electron chi connectivity index (χ4n) is 2.38. The molecule has 7 heteroatoms. The van der Waals surface area contributed by atoms with Gasteiger partial charge in [-0.3, -0.25) is 5.32 Å². The molecule has 0 saturated carbocycles. The van der Waals surface area contributed by atoms with Crippen molar-refractivity contribution in [3.63, 3.8) is 0 Å². The van der Waals surface area contributed by atoms with E-state index in [-0.39, 0.29) is 0 Å². The fourth-order valence-corrected chi connectivity index (χ4v) is 3.37. The summed E-state index contributed by atoms with van der Waals surface area (Å²) in [5, 5.41) is 7.09. The molecule has 0 atom stereocenters. The molecule has 3 rings (SSSR count). The van der Waals surface area contributed by atoms with Gasteiger partial charge in [0, 0.05) is 17.1 Å². The number of carbonyl (C=O) groups excluding carboxylic acids is 1. The average molecular weight is 342 g/mol. The number of carbonyl (C=O) groups is 1. The molecule has 0 aliphatic rings. The van der Waals surface area contributed by atoms with Crippen molar-refractivity contribution in [1.82, 2.24) is 9.97 Å². The number of anilines is 2. The summed E-state index contributed by atoms with van der Waals surface area (Å²) in [6.45, 7) is 4.83. The van der Waals surface area contributed by atoms with Crippen LogP contribution in [0.2, 0.25) is 0 Å². The third-order valence-electron chi connectivity index (χ3n) is 3.81. The van der Waals surface area contributed by atoms with Crippen molar-refractivity contribution in [2.24, 2.45) is 0 Å². The number of hydrogen-bond donors (Lipinski definition) is 2. The minimum absolute atomic E-state index is 0.479. The zero-order valence-electron chi connectivity index (χ0n) is 13.7. The monoisotopic (exact) mass is 342 g/mol. The third kappa shape index (κ3) is 3.30. The maximum absolute atomic E-state index is 11.2. The molecule has 0 bridgehead atoms. The Morgan fingerprint density at radius 3 is 2.67 bits per heavy atom. The minimum atomic E-state index is -0.479. The van der Waals surface area contributed by atoms with Crippen molar-refractivity contribution >= 4 is 39.2 Å². The quantitative estimate of drug-likeness (QED) is 0.746. The van der Waals surface area contributed by atoms with Crippen LogP contribution in [0, 0.1) is 13.8 Å². The van der Waals surface area contributed by atoms with E-state index in [0.717, 1.165) is 21.6 Å². The van der Waals surface area contributed by atoms with Crippen LogP contribution in [0.25, 0.3) is 10.2 Å². The Balaban J connectivity index is 1.73. The van der Waals surface area contributed by atoms with Crippen molar-refractivity contribution in [2.75, 3.05) is 17.7 Å². The predicted octanol–water partition coefficient (Wildman–Crippen LogP) is 4.10. The molecule has 0 aliphatic heterocycles. The van der Waals surface area contributed by atoms with E-state index in [9.17, 15) is 4.79 Å². The van der Waals surface area contributed by atoms with Crippen molar-refractivity contribution in [2.45, 2.75) is 20.4 Å². The second kappa shape index (κ2) is 6.84. The predicted molar refractivity (Wildman–Crippen MR) is 96.7 cm³/mol. The van der Waals surface area contributed by atoms with Gasteiger partial charge in [0.05, 0.1) is 12.5 Å². The normalized spacial score (nSPS) is 10.6. The van der Waals surface area contributed by atoms with Crippen LogP contribution in [0.15, 0.2) is 30.6 Å². The highest BCUT2D eigenvalue weighted by molar-refractivity contribution is 7.18. The van der Waals surface area contributed by atoms with Gasteiger partial charge >= 0.3 is 6.09 Å². The van der Waals surface area contributed by atoms with Crippen LogP contribution >= 0.6 is 11.3 Å². The Kier molecular flexibility index (Phi) is 4.61. The molecule has 2 N–H and O–H groups in total. The number of rotatable bonds is 4. The molecule has 0 spiro atoms. The standard InChI is InChI=1S/C17H18N4O2S/c1-10-11(2)24-16-14(10)15(19-9-20-16)18-8-12-4-6-13(7-5-12)21-17(22)23-3/h4-7,9H,8H2,1-3H3,(H,21,22)(H,18,19,20). The number of benzene rings is 1. The highest BCUT2D eigenvalue weighted by atomic mass is 32.1. The maximum Gasteiger partial charge on any atom is 0.411 e. The number of methoxy groups -OCH3 is 1. The van der Waals surface area contributed by atoms with Gasteiger partial charge in [0.15, 0.2) is 0 Å². The number of hydrogen-bond acceptors (Lipinski definition) is 6. The summed E-state index contributed by atoms with van der Waals surface area (Å²) in [5.74, 6) is 0.846. The van der Waals surface area contributed by atoms with Gasteiger partial charge in [-0.25, -0.2) is 14.8 Å². The summed E-state index contributed by atoms with van der Waals surface area (Å²) < 4.78 is 4.57. The van der Waals surface area contributed by atoms with Crippen LogP contribution in [-0.4, -0.2) is 23.2 Å². The van der Waals surface area contributed by atoms with Crippen molar-refractivity contribution in [1.29, 1.82) is 0 Å². The zero-order valence-corrected chi connectivity index (χ0v) is 14.5. The Labute approximate surface area is 143 Å². The molecular formula is C17H18N4O2S. The molecule has 2 aromatic heterocycles. The number of ether oxygens (including phenoxy) is 1. The van der Waals surface area contributed by atoms with Crippen LogP contribution in [0.1, 0.15) is 16.0 Å². The van der Waals surface area contributed by atoms with Crippen molar-refractivity contribution in [3.8, 4) is 0 Å². The van der Waals surface area contributed by atoms with Crippen LogP contribution in [-0.2, 0) is 11.3 Å². The van der Waals surface area contributed by atoms with Gasteiger partial charge in [-0.15, -0.1) is 11.3 Å². The average Bonchev–Trinajstić information content (AvgIpc) is 2.89. The molecule has 6 nitrogen and oxygen atoms in total. The summed E-state index contributed by atoms with van der Waals surface area (Å²) in [5.41, 5.74) is 3.00. The topological polar surface area (TPSA) is 76.1 Å². The molecule has 124 valence electrons. The SMILES string of the molecule is COC(=O)Nc1ccc(CNc2ncnc3sc(C)c(C)c23)cc1. The first-order valence-corrected chi connectivity index (χ1v) is 8.28. The molecule has 0 saturated heterocycles. The van der Waals surface area contributed by atoms with Gasteiger partial charge in [-0.05, 0) is 37.1 Å². The first kappa shape index (κ1) is 16.2. The number of nitrogens with zero attached hydrogens (tertiary/aromatic N) is 2. The number of amides is 1. The summed E-state index contributed by atoms with van der Waals surface area (Å²) >= 11 is 1.68. The lowest BCUT2D eigenvalue weighted by Crippen LogP contribution is -2.10. The number of aromatic nitrogens is 2. The van der Waals surface area contributed by atoms with Gasteiger partial charge in [-0.1, -0.05) is 12.1 Å². The molecule has 24 heavy (non-hydrogen) atoms. The Morgan fingerprint density at radius 2 is 1.96 bits per heavy atom. The van der Waals surface area contributed by atoms with Crippen LogP contribution < -0.4 is 10.6 Å². The Bertz CT molecular complexity index is 874. The van der Waals surface area contributed by atoms with E-state index in [1.807, 2.05) is 24.3 Å². The van der Waals surface area contributed by atoms with E-state index < -0.39 is 6.09 Å². The van der Waals surface area contributed by atoms with E-state index in [0.29, 0.717) is 12.2 Å². The molecule has 1 amide bonds. The van der Waals surface area contributed by atoms with E-state index in [2.05, 4.69) is 39.2 Å². The van der Waals surface area contributed by atoms with Gasteiger partial charge < -0.3 is 10.1 Å². The molecule has 1 aromatic carbocycles. The summed E-state index contributed by atoms with van der Waals surface area (Å²) in [4.78, 5) is 22.1. The summed E-state index contributed by atoms with van der Waals surface area (Å²) in [6.07, 6.45) is 1.11. The van der Waals surface area contributed by atoms with Crippen LogP contribution in [0.5, 0.6) is 0 Å². The number of thiophene rings is 1. The molecule has 2 heterocycles. The third-order valence-corrected chi connectivity index (χ3v) is 4.93. The summed E-state index contributed by atoms with van der Waals surface area (Å²) in [6, 6.07) is 7.57.